The van der Waals surface area contributed by atoms with Crippen molar-refractivity contribution in [3.63, 3.8) is 0 Å². The highest BCUT2D eigenvalue weighted by Crippen LogP contribution is 2.35. The average molecular weight is 231 g/mol. The molecule has 0 aliphatic heterocycles. The zero-order valence-corrected chi connectivity index (χ0v) is 9.63. The van der Waals surface area contributed by atoms with E-state index in [1.54, 1.807) is 0 Å². The summed E-state index contributed by atoms with van der Waals surface area (Å²) in [6, 6.07) is 10.5. The topological polar surface area (TPSA) is 50.9 Å². The maximum absolute atomic E-state index is 5.57. The van der Waals surface area contributed by atoms with E-state index in [4.69, 9.17) is 5.73 Å². The average Bonchev–Trinajstić information content (AvgIpc) is 2.66. The molecule has 0 radical (unpaired) electrons. The number of hydrogen-bond acceptors (Lipinski definition) is 4. The van der Waals surface area contributed by atoms with Crippen molar-refractivity contribution in [3.05, 3.63) is 41.5 Å². The molecule has 4 heteroatoms. The third kappa shape index (κ3) is 1.65. The van der Waals surface area contributed by atoms with E-state index in [1.807, 2.05) is 6.07 Å². The molecule has 1 heterocycles. The van der Waals surface area contributed by atoms with E-state index >= 15 is 0 Å². The van der Waals surface area contributed by atoms with Gasteiger partial charge in [-0.1, -0.05) is 24.3 Å². The maximum Gasteiger partial charge on any atom is 0.139 e. The van der Waals surface area contributed by atoms with E-state index in [0.717, 1.165) is 11.5 Å². The minimum atomic E-state index is 0.599. The summed E-state index contributed by atoms with van der Waals surface area (Å²) in [7, 11) is 0. The third-order valence-corrected chi connectivity index (χ3v) is 3.77. The van der Waals surface area contributed by atoms with Crippen LogP contribution < -0.4 is 11.1 Å². The highest BCUT2D eigenvalue weighted by atomic mass is 32.1. The summed E-state index contributed by atoms with van der Waals surface area (Å²) in [5.74, 6) is 1.24. The molecule has 0 amide bonds. The molecule has 0 bridgehead atoms. The summed E-state index contributed by atoms with van der Waals surface area (Å²) in [6.07, 6.45) is 1.18. The van der Waals surface area contributed by atoms with Crippen LogP contribution >= 0.6 is 11.5 Å². The first-order valence-electron chi connectivity index (χ1n) is 5.37. The third-order valence-electron chi connectivity index (χ3n) is 3.01. The zero-order valence-electron chi connectivity index (χ0n) is 8.81. The molecule has 1 aromatic heterocycles. The van der Waals surface area contributed by atoms with Gasteiger partial charge in [0.1, 0.15) is 10.8 Å². The van der Waals surface area contributed by atoms with Gasteiger partial charge >= 0.3 is 0 Å². The number of nitrogens with two attached hydrogens (primary N) is 1. The van der Waals surface area contributed by atoms with Crippen LogP contribution in [0.15, 0.2) is 30.3 Å². The maximum atomic E-state index is 5.57. The highest BCUT2D eigenvalue weighted by Gasteiger charge is 2.24. The molecule has 3 rings (SSSR count). The molecule has 1 aromatic carbocycles. The van der Waals surface area contributed by atoms with Crippen LogP contribution in [0, 0.1) is 0 Å². The van der Waals surface area contributed by atoms with Crippen molar-refractivity contribution in [3.8, 4) is 0 Å². The lowest BCUT2D eigenvalue weighted by Gasteiger charge is -2.30. The number of fused-ring (bicyclic) bond motifs is 1. The lowest BCUT2D eigenvalue weighted by molar-refractivity contribution is 0.636. The Bertz CT molecular complexity index is 506. The quantitative estimate of drug-likeness (QED) is 0.853. The largest absolute Gasteiger partial charge is 0.383 e. The smallest absolute Gasteiger partial charge is 0.139 e. The van der Waals surface area contributed by atoms with Crippen LogP contribution in [0.25, 0.3) is 0 Å². The lowest BCUT2D eigenvalue weighted by atomic mass is 9.78. The molecular formula is C12H13N3S. The van der Waals surface area contributed by atoms with Crippen molar-refractivity contribution < 1.29 is 0 Å². The predicted molar refractivity (Wildman–Crippen MR) is 67.9 cm³/mol. The van der Waals surface area contributed by atoms with Gasteiger partial charge in [0.25, 0.3) is 0 Å². The number of rotatable bonds is 3. The van der Waals surface area contributed by atoms with Gasteiger partial charge in [-0.15, -0.1) is 0 Å². The molecule has 0 saturated carbocycles. The molecule has 3 N–H and O–H groups in total. The highest BCUT2D eigenvalue weighted by molar-refractivity contribution is 7.10. The number of aromatic nitrogens is 1. The van der Waals surface area contributed by atoms with Gasteiger partial charge in [-0.25, -0.2) is 0 Å². The van der Waals surface area contributed by atoms with E-state index < -0.39 is 0 Å². The van der Waals surface area contributed by atoms with Crippen LogP contribution in [0.3, 0.4) is 0 Å². The van der Waals surface area contributed by atoms with Gasteiger partial charge in [-0.05, 0) is 29.1 Å². The fraction of sp³-hybridized carbons (Fsp3) is 0.250. The van der Waals surface area contributed by atoms with Crippen LogP contribution in [-0.2, 0) is 6.42 Å². The fourth-order valence-corrected chi connectivity index (χ4v) is 2.72. The van der Waals surface area contributed by atoms with Crippen molar-refractivity contribution in [2.75, 3.05) is 17.6 Å². The van der Waals surface area contributed by atoms with Crippen LogP contribution in [0.1, 0.15) is 17.0 Å². The monoisotopic (exact) mass is 231 g/mol. The number of nitrogen functional groups attached to an aromatic ring is 1. The van der Waals surface area contributed by atoms with Crippen molar-refractivity contribution in [2.24, 2.45) is 0 Å². The summed E-state index contributed by atoms with van der Waals surface area (Å²) in [5.41, 5.74) is 8.53. The minimum absolute atomic E-state index is 0.599. The fourth-order valence-electron chi connectivity index (χ4n) is 2.14. The van der Waals surface area contributed by atoms with Crippen molar-refractivity contribution in [1.29, 1.82) is 0 Å². The van der Waals surface area contributed by atoms with Gasteiger partial charge in [0, 0.05) is 18.5 Å². The molecule has 1 aliphatic rings. The first-order valence-corrected chi connectivity index (χ1v) is 6.14. The predicted octanol–water partition coefficient (Wildman–Crippen LogP) is 2.48. The first kappa shape index (κ1) is 9.66. The molecule has 1 aliphatic carbocycles. The summed E-state index contributed by atoms with van der Waals surface area (Å²) < 4.78 is 4.04. The van der Waals surface area contributed by atoms with Gasteiger partial charge in [-0.2, -0.15) is 4.37 Å². The summed E-state index contributed by atoms with van der Waals surface area (Å²) in [4.78, 5) is 0. The van der Waals surface area contributed by atoms with Crippen molar-refractivity contribution in [1.82, 2.24) is 4.37 Å². The second-order valence-electron chi connectivity index (χ2n) is 4.10. The Labute approximate surface area is 98.5 Å². The van der Waals surface area contributed by atoms with Gasteiger partial charge in [0.05, 0.1) is 0 Å². The summed E-state index contributed by atoms with van der Waals surface area (Å²) in [6.45, 7) is 0.971. The number of nitrogens with one attached hydrogen (secondary N) is 1. The van der Waals surface area contributed by atoms with Gasteiger partial charge in [0.15, 0.2) is 0 Å². The lowest BCUT2D eigenvalue weighted by Crippen LogP contribution is -2.23. The van der Waals surface area contributed by atoms with E-state index in [-0.39, 0.29) is 0 Å². The van der Waals surface area contributed by atoms with Crippen molar-refractivity contribution >= 4 is 22.4 Å². The first-order chi connectivity index (χ1) is 7.83. The van der Waals surface area contributed by atoms with Gasteiger partial charge in [-0.3, -0.25) is 0 Å². The van der Waals surface area contributed by atoms with E-state index in [2.05, 4.69) is 34.0 Å². The molecule has 3 nitrogen and oxygen atoms in total. The number of nitrogens with zero attached hydrogens (tertiary/aromatic N) is 1. The van der Waals surface area contributed by atoms with E-state index in [1.165, 1.54) is 29.1 Å². The molecule has 1 unspecified atom stereocenters. The molecule has 2 aromatic rings. The van der Waals surface area contributed by atoms with Crippen LogP contribution in [0.4, 0.5) is 10.8 Å². The van der Waals surface area contributed by atoms with Gasteiger partial charge in [0.2, 0.25) is 0 Å². The minimum Gasteiger partial charge on any atom is -0.383 e. The normalized spacial score (nSPS) is 17.6. The van der Waals surface area contributed by atoms with E-state index in [0.29, 0.717) is 11.7 Å². The van der Waals surface area contributed by atoms with E-state index in [9.17, 15) is 0 Å². The molecule has 82 valence electrons. The Morgan fingerprint density at radius 1 is 1.44 bits per heavy atom. The standard InChI is InChI=1S/C12H13N3S/c13-11-6-12(16-15-11)14-7-9-5-8-3-1-2-4-10(8)9/h1-4,6,9,14H,5,7H2,(H2,13,15). The molecule has 0 saturated heterocycles. The number of benzene rings is 1. The summed E-state index contributed by atoms with van der Waals surface area (Å²) >= 11 is 1.42. The second kappa shape index (κ2) is 3.79. The van der Waals surface area contributed by atoms with Crippen LogP contribution in [0.5, 0.6) is 0 Å². The Morgan fingerprint density at radius 3 is 3.06 bits per heavy atom. The molecular weight excluding hydrogens is 218 g/mol. The summed E-state index contributed by atoms with van der Waals surface area (Å²) in [5, 5.41) is 4.44. The molecule has 1 atom stereocenters. The molecule has 0 fully saturated rings. The zero-order chi connectivity index (χ0) is 11.0. The number of hydrogen-bond donors (Lipinski definition) is 2. The van der Waals surface area contributed by atoms with Crippen LogP contribution in [0.2, 0.25) is 0 Å². The van der Waals surface area contributed by atoms with Crippen LogP contribution in [-0.4, -0.2) is 10.9 Å². The Kier molecular flexibility index (Phi) is 2.29. The SMILES string of the molecule is Nc1cc(NCC2Cc3ccccc32)sn1. The second-order valence-corrected chi connectivity index (χ2v) is 4.90. The number of anilines is 2. The Hall–Kier alpha value is -1.55. The Balaban J connectivity index is 1.63. The molecule has 0 spiro atoms. The molecule has 16 heavy (non-hydrogen) atoms. The Morgan fingerprint density at radius 2 is 2.31 bits per heavy atom. The van der Waals surface area contributed by atoms with Gasteiger partial charge < -0.3 is 11.1 Å². The van der Waals surface area contributed by atoms with Crippen molar-refractivity contribution in [2.45, 2.75) is 12.3 Å².